The van der Waals surface area contributed by atoms with Crippen molar-refractivity contribution in [3.05, 3.63) is 71.8 Å². The van der Waals surface area contributed by atoms with Crippen LogP contribution < -0.4 is 15.4 Å². The van der Waals surface area contributed by atoms with Crippen LogP contribution in [0.1, 0.15) is 55.7 Å². The van der Waals surface area contributed by atoms with Gasteiger partial charge in [-0.05, 0) is 105 Å². The monoisotopic (exact) mass is 493 g/mol. The molecule has 1 aliphatic heterocycles. The summed E-state index contributed by atoms with van der Waals surface area (Å²) in [7, 11) is -3.54. The summed E-state index contributed by atoms with van der Waals surface area (Å²) in [4.78, 5) is 13.1. The Morgan fingerprint density at radius 2 is 1.97 bits per heavy atom. The van der Waals surface area contributed by atoms with Crippen molar-refractivity contribution in [2.75, 3.05) is 25.0 Å². The van der Waals surface area contributed by atoms with E-state index in [1.54, 1.807) is 12.1 Å². The van der Waals surface area contributed by atoms with Crippen molar-refractivity contribution in [3.63, 3.8) is 0 Å². The van der Waals surface area contributed by atoms with Gasteiger partial charge in [0.05, 0.1) is 4.90 Å². The first-order valence-corrected chi connectivity index (χ1v) is 13.8. The summed E-state index contributed by atoms with van der Waals surface area (Å²) in [6.45, 7) is 10.2. The lowest BCUT2D eigenvalue weighted by molar-refractivity contribution is -0.117. The van der Waals surface area contributed by atoms with Gasteiger partial charge >= 0.3 is 0 Å². The van der Waals surface area contributed by atoms with Gasteiger partial charge in [0.25, 0.3) is 0 Å². The summed E-state index contributed by atoms with van der Waals surface area (Å²) in [5.41, 5.74) is 4.97. The van der Waals surface area contributed by atoms with Crippen molar-refractivity contribution in [2.24, 2.45) is 11.8 Å². The Balaban J connectivity index is 1.35. The molecule has 1 saturated carbocycles. The molecule has 2 fully saturated rings. The highest BCUT2D eigenvalue weighted by Crippen LogP contribution is 2.48. The third kappa shape index (κ3) is 6.10. The molecule has 1 aliphatic carbocycles. The Morgan fingerprint density at radius 1 is 1.20 bits per heavy atom. The topological polar surface area (TPSA) is 87.3 Å². The van der Waals surface area contributed by atoms with Gasteiger partial charge < -0.3 is 10.6 Å². The molecule has 2 aliphatic rings. The van der Waals surface area contributed by atoms with Crippen LogP contribution in [0.15, 0.2) is 60.0 Å². The molecule has 0 aromatic heterocycles. The highest BCUT2D eigenvalue weighted by atomic mass is 32.2. The van der Waals surface area contributed by atoms with Gasteiger partial charge in [0, 0.05) is 18.2 Å². The van der Waals surface area contributed by atoms with Crippen LogP contribution in [0, 0.1) is 11.8 Å². The van der Waals surface area contributed by atoms with Gasteiger partial charge in [-0.15, -0.1) is 0 Å². The second kappa shape index (κ2) is 10.9. The first kappa shape index (κ1) is 25.4. The van der Waals surface area contributed by atoms with Crippen molar-refractivity contribution in [1.29, 1.82) is 0 Å². The average molecular weight is 494 g/mol. The van der Waals surface area contributed by atoms with Crippen LogP contribution in [0.25, 0.3) is 11.6 Å². The number of nitrogens with one attached hydrogen (secondary N) is 3. The van der Waals surface area contributed by atoms with Crippen LogP contribution in [-0.2, 0) is 14.8 Å². The number of hydrogen-bond donors (Lipinski definition) is 3. The molecule has 2 aromatic rings. The fourth-order valence-corrected chi connectivity index (χ4v) is 5.82. The van der Waals surface area contributed by atoms with Gasteiger partial charge in [0.1, 0.15) is 0 Å². The van der Waals surface area contributed by atoms with Gasteiger partial charge in [0.2, 0.25) is 15.9 Å². The van der Waals surface area contributed by atoms with Crippen molar-refractivity contribution < 1.29 is 13.2 Å². The maximum Gasteiger partial charge on any atom is 0.240 e. The number of benzene rings is 2. The molecule has 2 aromatic carbocycles. The lowest BCUT2D eigenvalue weighted by atomic mass is 9.99. The smallest absolute Gasteiger partial charge is 0.240 e. The van der Waals surface area contributed by atoms with E-state index in [0.717, 1.165) is 60.3 Å². The molecule has 0 radical (unpaired) electrons. The minimum absolute atomic E-state index is 0.00936. The van der Waals surface area contributed by atoms with Crippen molar-refractivity contribution in [2.45, 2.75) is 43.9 Å². The molecule has 0 spiro atoms. The Morgan fingerprint density at radius 3 is 2.63 bits per heavy atom. The van der Waals surface area contributed by atoms with E-state index in [-0.39, 0.29) is 22.6 Å². The van der Waals surface area contributed by atoms with Crippen molar-refractivity contribution in [1.82, 2.24) is 10.0 Å². The van der Waals surface area contributed by atoms with E-state index in [1.165, 1.54) is 0 Å². The van der Waals surface area contributed by atoms with Crippen LogP contribution in [0.5, 0.6) is 0 Å². The zero-order valence-electron chi connectivity index (χ0n) is 20.5. The number of piperidine rings is 1. The van der Waals surface area contributed by atoms with Gasteiger partial charge in [-0.1, -0.05) is 36.9 Å². The summed E-state index contributed by atoms with van der Waals surface area (Å²) in [6.07, 6.45) is 6.73. The fourth-order valence-electron chi connectivity index (χ4n) is 4.70. The van der Waals surface area contributed by atoms with Crippen LogP contribution in [-0.4, -0.2) is 34.0 Å². The summed E-state index contributed by atoms with van der Waals surface area (Å²) >= 11 is 0. The number of amides is 1. The minimum atomic E-state index is -3.54. The molecule has 4 rings (SSSR count). The molecule has 35 heavy (non-hydrogen) atoms. The molecule has 0 bridgehead atoms. The molecule has 7 heteroatoms. The molecule has 6 nitrogen and oxygen atoms in total. The SMILES string of the molecule is C=Cc1ccc(NC(=O)C2CC2c2ccc(S(=O)(=O)NC[C@@H]3CCCNC3)cc2)cc1/C(C)=C\C. The second-order valence-electron chi connectivity index (χ2n) is 9.55. The van der Waals surface area contributed by atoms with Gasteiger partial charge in [-0.25, -0.2) is 13.1 Å². The zero-order chi connectivity index (χ0) is 25.0. The Labute approximate surface area is 209 Å². The molecule has 1 amide bonds. The predicted molar refractivity (Wildman–Crippen MR) is 143 cm³/mol. The predicted octanol–water partition coefficient (Wildman–Crippen LogP) is 4.77. The first-order valence-electron chi connectivity index (χ1n) is 12.3. The lowest BCUT2D eigenvalue weighted by Crippen LogP contribution is -2.38. The van der Waals surface area contributed by atoms with E-state index in [4.69, 9.17) is 0 Å². The first-order chi connectivity index (χ1) is 16.8. The summed E-state index contributed by atoms with van der Waals surface area (Å²) in [5.74, 6) is 0.316. The van der Waals surface area contributed by atoms with Crippen molar-refractivity contribution in [3.8, 4) is 0 Å². The van der Waals surface area contributed by atoms with Crippen LogP contribution in [0.2, 0.25) is 0 Å². The highest BCUT2D eigenvalue weighted by Gasteiger charge is 2.44. The summed E-state index contributed by atoms with van der Waals surface area (Å²) in [5, 5.41) is 6.35. The van der Waals surface area contributed by atoms with E-state index in [1.807, 2.05) is 56.3 Å². The van der Waals surface area contributed by atoms with Gasteiger partial charge in [0.15, 0.2) is 0 Å². The maximum atomic E-state index is 12.9. The summed E-state index contributed by atoms with van der Waals surface area (Å²) in [6, 6.07) is 12.8. The molecule has 2 unspecified atom stereocenters. The van der Waals surface area contributed by atoms with E-state index in [9.17, 15) is 13.2 Å². The van der Waals surface area contributed by atoms with E-state index < -0.39 is 10.0 Å². The standard InChI is InChI=1S/C28H35N3O3S/c1-4-19(3)25-15-23(11-8-21(25)5-2)31-28(32)27-16-26(27)22-9-12-24(13-10-22)35(33,34)30-18-20-7-6-14-29-17-20/h4-5,8-13,15,20,26-27,29-30H,2,6-7,14,16-18H2,1,3H3,(H,31,32)/b19-4-/t20-,26?,27?/m1/s1. The number of anilines is 1. The lowest BCUT2D eigenvalue weighted by Gasteiger charge is -2.22. The number of carbonyl (C=O) groups excluding carboxylic acids is 1. The number of sulfonamides is 1. The minimum Gasteiger partial charge on any atom is -0.326 e. The van der Waals surface area contributed by atoms with Crippen LogP contribution in [0.3, 0.4) is 0 Å². The Hall–Kier alpha value is -2.74. The third-order valence-electron chi connectivity index (χ3n) is 7.11. The van der Waals surface area contributed by atoms with Gasteiger partial charge in [-0.2, -0.15) is 0 Å². The zero-order valence-corrected chi connectivity index (χ0v) is 21.3. The molecule has 186 valence electrons. The van der Waals surface area contributed by atoms with Crippen molar-refractivity contribution >= 4 is 33.3 Å². The van der Waals surface area contributed by atoms with E-state index >= 15 is 0 Å². The number of allylic oxidation sites excluding steroid dienone is 2. The molecule has 1 heterocycles. The molecular weight excluding hydrogens is 458 g/mol. The van der Waals surface area contributed by atoms with Gasteiger partial charge in [-0.3, -0.25) is 4.79 Å². The largest absolute Gasteiger partial charge is 0.326 e. The van der Waals surface area contributed by atoms with Crippen LogP contribution in [0.4, 0.5) is 5.69 Å². The molecule has 3 atom stereocenters. The Kier molecular flexibility index (Phi) is 7.89. The van der Waals surface area contributed by atoms with E-state index in [0.29, 0.717) is 12.5 Å². The normalized spacial score (nSPS) is 22.5. The maximum absolute atomic E-state index is 12.9. The number of hydrogen-bond acceptors (Lipinski definition) is 4. The second-order valence-corrected chi connectivity index (χ2v) is 11.3. The molecular formula is C28H35N3O3S. The van der Waals surface area contributed by atoms with Crippen LogP contribution >= 0.6 is 0 Å². The fraction of sp³-hybridized carbons (Fsp3) is 0.393. The molecule has 3 N–H and O–H groups in total. The molecule has 1 saturated heterocycles. The van der Waals surface area contributed by atoms with E-state index in [2.05, 4.69) is 21.9 Å². The third-order valence-corrected chi connectivity index (χ3v) is 8.54. The summed E-state index contributed by atoms with van der Waals surface area (Å²) < 4.78 is 28.1. The average Bonchev–Trinajstić information content (AvgIpc) is 3.69. The number of rotatable bonds is 9. The Bertz CT molecular complexity index is 1210. The number of carbonyl (C=O) groups is 1. The quantitative estimate of drug-likeness (QED) is 0.469. The highest BCUT2D eigenvalue weighted by molar-refractivity contribution is 7.89.